The highest BCUT2D eigenvalue weighted by Crippen LogP contribution is 2.49. The number of halogens is 2. The summed E-state index contributed by atoms with van der Waals surface area (Å²) in [6.07, 6.45) is 3.93. The van der Waals surface area contributed by atoms with Gasteiger partial charge in [0, 0.05) is 27.7 Å². The van der Waals surface area contributed by atoms with Gasteiger partial charge in [-0.3, -0.25) is 0 Å². The first-order valence-electron chi connectivity index (χ1n) is 10.8. The Kier molecular flexibility index (Phi) is 6.89. The minimum Gasteiger partial charge on any atom is -0.493 e. The first kappa shape index (κ1) is 23.2. The summed E-state index contributed by atoms with van der Waals surface area (Å²) in [4.78, 5) is 15.1. The number of likely N-dealkylation sites (tertiary alicyclic amines) is 1. The third-order valence-corrected chi connectivity index (χ3v) is 8.23. The maximum atomic E-state index is 12.6. The number of benzene rings is 2. The van der Waals surface area contributed by atoms with Crippen molar-refractivity contribution in [2.24, 2.45) is 0 Å². The normalized spacial score (nSPS) is 25.2. The van der Waals surface area contributed by atoms with E-state index < -0.39 is 0 Å². The third-order valence-electron chi connectivity index (χ3n) is 7.00. The zero-order valence-corrected chi connectivity index (χ0v) is 20.9. The van der Waals surface area contributed by atoms with Crippen molar-refractivity contribution in [2.75, 3.05) is 33.1 Å². The molecule has 32 heavy (non-hydrogen) atoms. The van der Waals surface area contributed by atoms with Gasteiger partial charge in [0.25, 0.3) is 0 Å². The number of nitrogens with one attached hydrogen (secondary N) is 2. The molecule has 2 N–H and O–H groups in total. The zero-order valence-electron chi connectivity index (χ0n) is 18.6. The molecule has 4 rings (SSSR count). The fraction of sp³-hybridized carbons (Fsp3) is 0.458. The monoisotopic (exact) mass is 521 g/mol. The quantitative estimate of drug-likeness (QED) is 0.549. The molecule has 6 nitrogen and oxygen atoms in total. The van der Waals surface area contributed by atoms with Crippen LogP contribution in [0.3, 0.4) is 0 Å². The number of hydrogen-bond donors (Lipinski definition) is 2. The van der Waals surface area contributed by atoms with Crippen LogP contribution in [0.2, 0.25) is 5.02 Å². The second-order valence-corrected chi connectivity index (χ2v) is 9.93. The number of amides is 2. The second-order valence-electron chi connectivity index (χ2n) is 8.67. The molecule has 1 aliphatic carbocycles. The van der Waals surface area contributed by atoms with Crippen molar-refractivity contribution in [3.63, 3.8) is 0 Å². The summed E-state index contributed by atoms with van der Waals surface area (Å²) in [5.74, 6) is 1.51. The van der Waals surface area contributed by atoms with Crippen LogP contribution in [0.1, 0.15) is 31.2 Å². The maximum Gasteiger partial charge on any atom is 0.319 e. The Labute approximate surface area is 202 Å². The van der Waals surface area contributed by atoms with E-state index >= 15 is 0 Å². The second kappa shape index (κ2) is 9.49. The Balaban J connectivity index is 1.47. The summed E-state index contributed by atoms with van der Waals surface area (Å²) in [6, 6.07) is 11.9. The summed E-state index contributed by atoms with van der Waals surface area (Å²) in [5, 5.41) is 6.63. The third kappa shape index (κ3) is 4.43. The maximum absolute atomic E-state index is 12.6. The predicted molar refractivity (Wildman–Crippen MR) is 131 cm³/mol. The van der Waals surface area contributed by atoms with E-state index in [1.807, 2.05) is 18.2 Å². The highest BCUT2D eigenvalue weighted by Gasteiger charge is 2.50. The number of methoxy groups -OCH3 is 2. The highest BCUT2D eigenvalue weighted by atomic mass is 79.9. The number of ether oxygens (including phenoxy) is 2. The van der Waals surface area contributed by atoms with Crippen molar-refractivity contribution in [3.8, 4) is 11.5 Å². The van der Waals surface area contributed by atoms with Crippen LogP contribution in [0.4, 0.5) is 10.5 Å². The topological polar surface area (TPSA) is 62.8 Å². The van der Waals surface area contributed by atoms with E-state index in [4.69, 9.17) is 21.1 Å². The smallest absolute Gasteiger partial charge is 0.319 e. The van der Waals surface area contributed by atoms with Crippen LogP contribution in [0.5, 0.6) is 11.5 Å². The average molecular weight is 523 g/mol. The van der Waals surface area contributed by atoms with Gasteiger partial charge in [-0.1, -0.05) is 17.7 Å². The van der Waals surface area contributed by atoms with Crippen molar-refractivity contribution in [1.82, 2.24) is 10.2 Å². The molecule has 0 unspecified atom stereocenters. The van der Waals surface area contributed by atoms with E-state index in [-0.39, 0.29) is 17.5 Å². The molecule has 0 aromatic heterocycles. The number of likely N-dealkylation sites (N-methyl/N-ethyl adjacent to an activating group) is 1. The van der Waals surface area contributed by atoms with Gasteiger partial charge in [0.05, 0.1) is 19.2 Å². The van der Waals surface area contributed by atoms with E-state index in [0.29, 0.717) is 16.8 Å². The molecule has 0 bridgehead atoms. The summed E-state index contributed by atoms with van der Waals surface area (Å²) < 4.78 is 11.8. The number of carbonyl (C=O) groups excluding carboxylic acids is 1. The molecule has 2 amide bonds. The van der Waals surface area contributed by atoms with Crippen LogP contribution in [-0.4, -0.2) is 50.8 Å². The van der Waals surface area contributed by atoms with E-state index in [9.17, 15) is 4.79 Å². The van der Waals surface area contributed by atoms with Crippen molar-refractivity contribution in [2.45, 2.75) is 43.2 Å². The minimum atomic E-state index is -0.201. The predicted octanol–water partition coefficient (Wildman–Crippen LogP) is 5.44. The van der Waals surface area contributed by atoms with Crippen molar-refractivity contribution >= 4 is 39.2 Å². The van der Waals surface area contributed by atoms with Gasteiger partial charge < -0.3 is 25.0 Å². The van der Waals surface area contributed by atoms with Gasteiger partial charge in [-0.2, -0.15) is 0 Å². The molecule has 1 saturated carbocycles. The van der Waals surface area contributed by atoms with Crippen LogP contribution in [-0.2, 0) is 5.41 Å². The molecule has 2 aromatic carbocycles. The zero-order chi connectivity index (χ0) is 22.9. The molecular formula is C24H29BrClN3O3. The number of fused-ring (bicyclic) bond motifs is 1. The Hall–Kier alpha value is -1.96. The van der Waals surface area contributed by atoms with Gasteiger partial charge in [0.15, 0.2) is 11.5 Å². The van der Waals surface area contributed by atoms with Gasteiger partial charge in [-0.05, 0) is 91.1 Å². The Bertz CT molecular complexity index is 1000. The molecule has 0 spiro atoms. The summed E-state index contributed by atoms with van der Waals surface area (Å²) in [5.41, 5.74) is 2.02. The number of nitrogens with zero attached hydrogens (tertiary/aromatic N) is 1. The van der Waals surface area contributed by atoms with E-state index in [2.05, 4.69) is 50.6 Å². The van der Waals surface area contributed by atoms with Gasteiger partial charge in [0.1, 0.15) is 0 Å². The van der Waals surface area contributed by atoms with E-state index in [0.717, 1.165) is 48.2 Å². The molecule has 1 heterocycles. The molecule has 1 saturated heterocycles. The molecule has 2 fully saturated rings. The Morgan fingerprint density at radius 2 is 1.94 bits per heavy atom. The van der Waals surface area contributed by atoms with Crippen molar-refractivity contribution < 1.29 is 14.3 Å². The molecule has 2 aromatic rings. The van der Waals surface area contributed by atoms with Crippen LogP contribution >= 0.6 is 27.5 Å². The number of hydrogen-bond acceptors (Lipinski definition) is 4. The van der Waals surface area contributed by atoms with Gasteiger partial charge >= 0.3 is 6.03 Å². The summed E-state index contributed by atoms with van der Waals surface area (Å²) in [7, 11) is 5.52. The molecule has 2 aliphatic rings. The average Bonchev–Trinajstić information content (AvgIpc) is 3.13. The van der Waals surface area contributed by atoms with Crippen LogP contribution in [0.25, 0.3) is 0 Å². The minimum absolute atomic E-state index is 0.0577. The summed E-state index contributed by atoms with van der Waals surface area (Å²) >= 11 is 9.51. The van der Waals surface area contributed by atoms with Crippen LogP contribution in [0, 0.1) is 0 Å². The lowest BCUT2D eigenvalue weighted by molar-refractivity contribution is 0.156. The number of carbonyl (C=O) groups is 1. The Morgan fingerprint density at radius 1 is 1.16 bits per heavy atom. The standard InChI is InChI=1S/C24H29BrClN3O3/c1-29-11-10-24(15-4-7-20(31-2)21(12-15)32-3)9-8-17(14-22(24)29)28-23(30)27-16-5-6-18(25)19(26)13-16/h4-7,12-13,17,22H,8-11,14H2,1-3H3,(H2,27,28,30)/t17-,22+,24+/m1/s1. The first-order valence-corrected chi connectivity index (χ1v) is 12.0. The lowest BCUT2D eigenvalue weighted by atomic mass is 9.65. The lowest BCUT2D eigenvalue weighted by Gasteiger charge is -2.45. The van der Waals surface area contributed by atoms with Gasteiger partial charge in [-0.15, -0.1) is 0 Å². The Morgan fingerprint density at radius 3 is 2.66 bits per heavy atom. The molecule has 1 aliphatic heterocycles. The number of rotatable bonds is 5. The van der Waals surface area contributed by atoms with E-state index in [1.54, 1.807) is 20.3 Å². The lowest BCUT2D eigenvalue weighted by Crippen LogP contribution is -2.52. The van der Waals surface area contributed by atoms with Crippen LogP contribution in [0.15, 0.2) is 40.9 Å². The molecule has 8 heteroatoms. The fourth-order valence-electron chi connectivity index (χ4n) is 5.32. The highest BCUT2D eigenvalue weighted by molar-refractivity contribution is 9.10. The van der Waals surface area contributed by atoms with Crippen molar-refractivity contribution in [1.29, 1.82) is 0 Å². The molecular weight excluding hydrogens is 494 g/mol. The molecule has 0 radical (unpaired) electrons. The summed E-state index contributed by atoms with van der Waals surface area (Å²) in [6.45, 7) is 1.04. The fourth-order valence-corrected chi connectivity index (χ4v) is 5.75. The van der Waals surface area contributed by atoms with Gasteiger partial charge in [0.2, 0.25) is 0 Å². The molecule has 172 valence electrons. The SMILES string of the molecule is COc1ccc([C@@]23CC[C@@H](NC(=O)Nc4ccc(Br)c(Cl)c4)C[C@@H]2N(C)CC3)cc1OC. The van der Waals surface area contributed by atoms with E-state index in [1.165, 1.54) is 5.56 Å². The first-order chi connectivity index (χ1) is 15.4. The number of urea groups is 1. The largest absolute Gasteiger partial charge is 0.493 e. The number of anilines is 1. The molecule has 3 atom stereocenters. The van der Waals surface area contributed by atoms with Gasteiger partial charge in [-0.25, -0.2) is 4.79 Å². The van der Waals surface area contributed by atoms with Crippen molar-refractivity contribution in [3.05, 3.63) is 51.5 Å². The van der Waals surface area contributed by atoms with Crippen LogP contribution < -0.4 is 20.1 Å².